The molecule has 0 aliphatic rings. The zero-order valence-electron chi connectivity index (χ0n) is 16.0. The van der Waals surface area contributed by atoms with E-state index in [2.05, 4.69) is 9.46 Å². The molecule has 1 aromatic rings. The highest BCUT2D eigenvalue weighted by Gasteiger charge is 2.54. The van der Waals surface area contributed by atoms with Crippen LogP contribution in [0, 0.1) is 5.82 Å². The van der Waals surface area contributed by atoms with Crippen LogP contribution in [0.5, 0.6) is 0 Å². The smallest absolute Gasteiger partial charge is 0.381 e. The molecule has 0 unspecified atom stereocenters. The molecule has 1 rings (SSSR count). The summed E-state index contributed by atoms with van der Waals surface area (Å²) in [6, 6.07) is 4.33. The average molecular weight is 453 g/mol. The van der Waals surface area contributed by atoms with Gasteiger partial charge in [0.15, 0.2) is 6.10 Å². The fourth-order valence-corrected chi connectivity index (χ4v) is 3.34. The van der Waals surface area contributed by atoms with E-state index in [1.165, 1.54) is 32.9 Å². The average Bonchev–Trinajstić information content (AvgIpc) is 2.52. The van der Waals surface area contributed by atoms with Crippen LogP contribution < -0.4 is 4.72 Å². The maximum atomic E-state index is 14.4. The molecule has 29 heavy (non-hydrogen) atoms. The number of hydrogen-bond donors (Lipinski definition) is 2. The Balaban J connectivity index is 3.61. The molecule has 0 amide bonds. The van der Waals surface area contributed by atoms with Gasteiger partial charge in [-0.15, -0.1) is 0 Å². The maximum Gasteiger partial charge on any atom is 0.417 e. The van der Waals surface area contributed by atoms with E-state index < -0.39 is 63.8 Å². The molecule has 12 heteroatoms. The Kier molecular flexibility index (Phi) is 7.88. The van der Waals surface area contributed by atoms with Gasteiger partial charge in [-0.1, -0.05) is 18.2 Å². The summed E-state index contributed by atoms with van der Waals surface area (Å²) in [5.41, 5.74) is -2.99. The van der Waals surface area contributed by atoms with Crippen LogP contribution in [0.4, 0.5) is 30.7 Å². The number of benzene rings is 1. The Labute approximate surface area is 166 Å². The van der Waals surface area contributed by atoms with Crippen molar-refractivity contribution < 1.29 is 44.8 Å². The van der Waals surface area contributed by atoms with Gasteiger partial charge in [-0.2, -0.15) is 26.3 Å². The lowest BCUT2D eigenvalue weighted by atomic mass is 9.83. The quantitative estimate of drug-likeness (QED) is 0.615. The summed E-state index contributed by atoms with van der Waals surface area (Å²) in [5.74, 6) is -1.08. The molecule has 0 radical (unpaired) electrons. The fourth-order valence-electron chi connectivity index (χ4n) is 2.42. The van der Waals surface area contributed by atoms with Crippen molar-refractivity contribution in [2.45, 2.75) is 62.5 Å². The van der Waals surface area contributed by atoms with Crippen LogP contribution in [0.15, 0.2) is 24.3 Å². The summed E-state index contributed by atoms with van der Waals surface area (Å²) < 4.78 is 110. The molecule has 0 heterocycles. The lowest BCUT2D eigenvalue weighted by Crippen LogP contribution is -2.61. The van der Waals surface area contributed by atoms with Crippen molar-refractivity contribution in [3.8, 4) is 0 Å². The van der Waals surface area contributed by atoms with Crippen LogP contribution in [0.1, 0.15) is 33.3 Å². The molecule has 0 spiro atoms. The van der Waals surface area contributed by atoms with Crippen molar-refractivity contribution in [2.75, 3.05) is 6.61 Å². The minimum atomic E-state index is -5.40. The van der Waals surface area contributed by atoms with Gasteiger partial charge in [0.1, 0.15) is 18.5 Å². The number of halogens is 7. The molecule has 2 N–H and O–H groups in total. The van der Waals surface area contributed by atoms with Gasteiger partial charge >= 0.3 is 12.4 Å². The molecule has 4 nitrogen and oxygen atoms in total. The number of aliphatic hydroxyl groups is 1. The van der Waals surface area contributed by atoms with Gasteiger partial charge in [0.25, 0.3) is 0 Å². The minimum Gasteiger partial charge on any atom is -0.381 e. The summed E-state index contributed by atoms with van der Waals surface area (Å²) in [7, 11) is -2.16. The van der Waals surface area contributed by atoms with E-state index in [0.29, 0.717) is 0 Å². The van der Waals surface area contributed by atoms with Crippen LogP contribution in [0.25, 0.3) is 0 Å². The first kappa shape index (κ1) is 25.8. The van der Waals surface area contributed by atoms with Gasteiger partial charge in [-0.05, 0) is 33.8 Å². The van der Waals surface area contributed by atoms with E-state index in [0.717, 1.165) is 19.1 Å². The molecule has 1 aromatic carbocycles. The van der Waals surface area contributed by atoms with Crippen LogP contribution in [0.2, 0.25) is 0 Å². The molecule has 0 fully saturated rings. The molecule has 0 saturated carbocycles. The Hall–Kier alpha value is -1.24. The van der Waals surface area contributed by atoms with Crippen molar-refractivity contribution in [1.82, 2.24) is 4.72 Å². The molecule has 0 bridgehead atoms. The largest absolute Gasteiger partial charge is 0.417 e. The molecule has 168 valence electrons. The second-order valence-corrected chi connectivity index (χ2v) is 9.46. The minimum absolute atomic E-state index is 0.548. The van der Waals surface area contributed by atoms with Gasteiger partial charge in [0.05, 0.1) is 21.3 Å². The van der Waals surface area contributed by atoms with E-state index >= 15 is 0 Å². The van der Waals surface area contributed by atoms with E-state index in [1.807, 2.05) is 0 Å². The Morgan fingerprint density at radius 2 is 1.59 bits per heavy atom. The SMILES string of the molecule is CC(C)(C)[S@@](=O)N[C@](C)(c1ccccc1F)[C@@H](OCC(F)(F)F)[C@@H](O)C(F)(F)F. The van der Waals surface area contributed by atoms with Crippen LogP contribution in [0.3, 0.4) is 0 Å². The number of nitrogens with one attached hydrogen (secondary N) is 1. The van der Waals surface area contributed by atoms with Gasteiger partial charge in [0, 0.05) is 5.56 Å². The number of alkyl halides is 6. The molecule has 4 atom stereocenters. The number of ether oxygens (including phenoxy) is 1. The summed E-state index contributed by atoms with van der Waals surface area (Å²) in [5, 5.41) is 9.77. The highest BCUT2D eigenvalue weighted by Crippen LogP contribution is 2.38. The monoisotopic (exact) mass is 453 g/mol. The second-order valence-electron chi connectivity index (χ2n) is 7.50. The third-order valence-corrected chi connectivity index (χ3v) is 5.63. The summed E-state index contributed by atoms with van der Waals surface area (Å²) in [6.45, 7) is 3.10. The first-order valence-corrected chi connectivity index (χ1v) is 9.42. The topological polar surface area (TPSA) is 58.6 Å². The Bertz CT molecular complexity index is 718. The van der Waals surface area contributed by atoms with Crippen molar-refractivity contribution in [3.05, 3.63) is 35.6 Å². The van der Waals surface area contributed by atoms with Gasteiger partial charge < -0.3 is 9.84 Å². The summed E-state index contributed by atoms with van der Waals surface area (Å²) >= 11 is 0. The van der Waals surface area contributed by atoms with Crippen molar-refractivity contribution in [2.24, 2.45) is 0 Å². The zero-order valence-corrected chi connectivity index (χ0v) is 16.8. The molecule has 0 aromatic heterocycles. The Morgan fingerprint density at radius 3 is 2.00 bits per heavy atom. The molecule has 0 saturated heterocycles. The molecule has 0 aliphatic carbocycles. The van der Waals surface area contributed by atoms with Crippen molar-refractivity contribution >= 4 is 11.0 Å². The van der Waals surface area contributed by atoms with Gasteiger partial charge in [0.2, 0.25) is 0 Å². The molecular formula is C17H22F7NO3S. The molecular weight excluding hydrogens is 431 g/mol. The van der Waals surface area contributed by atoms with E-state index in [1.54, 1.807) is 0 Å². The van der Waals surface area contributed by atoms with Gasteiger partial charge in [-0.3, -0.25) is 0 Å². The van der Waals surface area contributed by atoms with Gasteiger partial charge in [-0.25, -0.2) is 13.3 Å². The predicted molar refractivity (Wildman–Crippen MR) is 92.6 cm³/mol. The first-order valence-electron chi connectivity index (χ1n) is 8.27. The predicted octanol–water partition coefficient (Wildman–Crippen LogP) is 3.96. The highest BCUT2D eigenvalue weighted by atomic mass is 32.2. The standard InChI is InChI=1S/C17H22F7NO3S/c1-14(2,3)29(27)25-15(4,10-7-5-6-8-11(10)18)13(12(26)17(22,23)24)28-9-16(19,20)21/h5-8,12-13,25-26H,9H2,1-4H3/t12-,13+,15-,29-/m1/s1. The van der Waals surface area contributed by atoms with Crippen LogP contribution >= 0.6 is 0 Å². The number of aliphatic hydroxyl groups excluding tert-OH is 1. The third kappa shape index (κ3) is 6.90. The van der Waals surface area contributed by atoms with E-state index in [9.17, 15) is 40.0 Å². The van der Waals surface area contributed by atoms with Crippen LogP contribution in [-0.2, 0) is 21.3 Å². The zero-order chi connectivity index (χ0) is 22.8. The Morgan fingerprint density at radius 1 is 1.07 bits per heavy atom. The summed E-state index contributed by atoms with van der Waals surface area (Å²) in [4.78, 5) is 0. The van der Waals surface area contributed by atoms with Crippen LogP contribution in [-0.4, -0.2) is 45.2 Å². The second kappa shape index (κ2) is 8.86. The first-order chi connectivity index (χ1) is 12.9. The number of hydrogen-bond acceptors (Lipinski definition) is 3. The fraction of sp³-hybridized carbons (Fsp3) is 0.647. The molecule has 0 aliphatic heterocycles. The third-order valence-electron chi connectivity index (χ3n) is 3.91. The van der Waals surface area contributed by atoms with E-state index in [4.69, 9.17) is 0 Å². The lowest BCUT2D eigenvalue weighted by Gasteiger charge is -2.42. The maximum absolute atomic E-state index is 14.4. The number of rotatable bonds is 7. The highest BCUT2D eigenvalue weighted by molar-refractivity contribution is 7.84. The lowest BCUT2D eigenvalue weighted by molar-refractivity contribution is -0.266. The van der Waals surface area contributed by atoms with Crippen molar-refractivity contribution in [1.29, 1.82) is 0 Å². The van der Waals surface area contributed by atoms with E-state index in [-0.39, 0.29) is 0 Å². The normalized spacial score (nSPS) is 18.8. The van der Waals surface area contributed by atoms with Crippen molar-refractivity contribution in [3.63, 3.8) is 0 Å². The summed E-state index contributed by atoms with van der Waals surface area (Å²) in [6.07, 6.45) is -16.5.